The fraction of sp³-hybridized carbons (Fsp3) is 0.0714. The van der Waals surface area contributed by atoms with Gasteiger partial charge in [-0.1, -0.05) is 24.3 Å². The third kappa shape index (κ3) is 3.99. The fourth-order valence-corrected chi connectivity index (χ4v) is 4.37. The van der Waals surface area contributed by atoms with E-state index in [0.29, 0.717) is 0 Å². The average molecular weight is 521 g/mol. The molecular formula is C28H22N4Pd-4. The number of hydrogen-bond acceptors (Lipinski definition) is 4. The molecular weight excluding hydrogens is 499 g/mol. The molecule has 0 saturated heterocycles. The maximum Gasteiger partial charge on any atom is 0.0326 e. The zero-order valence-electron chi connectivity index (χ0n) is 17.9. The Hall–Kier alpha value is -3.26. The minimum absolute atomic E-state index is 0. The second-order valence-electron chi connectivity index (χ2n) is 7.83. The van der Waals surface area contributed by atoms with Gasteiger partial charge in [0.05, 0.1) is 0 Å². The van der Waals surface area contributed by atoms with Gasteiger partial charge in [-0.2, -0.15) is 74.0 Å². The summed E-state index contributed by atoms with van der Waals surface area (Å²) in [5, 5.41) is 0. The molecule has 0 N–H and O–H groups in total. The van der Waals surface area contributed by atoms with Gasteiger partial charge in [-0.15, -0.1) is 11.4 Å². The van der Waals surface area contributed by atoms with Crippen LogP contribution in [0, 0.1) is 25.5 Å². The van der Waals surface area contributed by atoms with E-state index in [1.807, 2.05) is 24.3 Å². The van der Waals surface area contributed by atoms with Crippen molar-refractivity contribution in [1.29, 1.82) is 0 Å². The summed E-state index contributed by atoms with van der Waals surface area (Å²) in [5.41, 5.74) is 6.89. The molecule has 0 aliphatic carbocycles. The van der Waals surface area contributed by atoms with Crippen LogP contribution >= 0.6 is 0 Å². The number of anilines is 6. The molecule has 0 spiro atoms. The predicted octanol–water partition coefficient (Wildman–Crippen LogP) is 6.14. The van der Waals surface area contributed by atoms with E-state index in [1.54, 1.807) is 0 Å². The van der Waals surface area contributed by atoms with Crippen LogP contribution in [-0.2, 0) is 20.4 Å². The molecule has 4 nitrogen and oxygen atoms in total. The molecule has 2 aliphatic heterocycles. The number of para-hydroxylation sites is 6. The van der Waals surface area contributed by atoms with E-state index < -0.39 is 0 Å². The minimum atomic E-state index is 0. The summed E-state index contributed by atoms with van der Waals surface area (Å²) in [5.74, 6) is 0. The molecule has 0 fully saturated rings. The van der Waals surface area contributed by atoms with Gasteiger partial charge < -0.3 is 19.6 Å². The molecule has 168 valence electrons. The second-order valence-corrected chi connectivity index (χ2v) is 7.83. The van der Waals surface area contributed by atoms with Gasteiger partial charge in [0, 0.05) is 56.3 Å². The number of rotatable bonds is 5. The summed E-state index contributed by atoms with van der Waals surface area (Å²) >= 11 is 0. The van der Waals surface area contributed by atoms with Gasteiger partial charge in [0.15, 0.2) is 0 Å². The normalized spacial score (nSPS) is 14.2. The van der Waals surface area contributed by atoms with Crippen LogP contribution in [0.15, 0.2) is 97.1 Å². The first-order valence-electron chi connectivity index (χ1n) is 10.8. The van der Waals surface area contributed by atoms with Gasteiger partial charge in [-0.3, -0.25) is 0 Å². The number of benzene rings is 4. The van der Waals surface area contributed by atoms with Crippen LogP contribution in [-0.4, -0.2) is 13.1 Å². The Morgan fingerprint density at radius 1 is 0.515 bits per heavy atom. The fourth-order valence-electron chi connectivity index (χ4n) is 4.37. The summed E-state index contributed by atoms with van der Waals surface area (Å²) < 4.78 is 0. The monoisotopic (exact) mass is 520 g/mol. The third-order valence-corrected chi connectivity index (χ3v) is 5.90. The molecule has 0 unspecified atom stereocenters. The van der Waals surface area contributed by atoms with E-state index in [0.717, 1.165) is 24.5 Å². The summed E-state index contributed by atoms with van der Waals surface area (Å²) in [6.45, 7) is 6.08. The van der Waals surface area contributed by atoms with Crippen LogP contribution in [0.3, 0.4) is 0 Å². The topological polar surface area (TPSA) is 13.0 Å². The molecule has 6 rings (SSSR count). The first-order valence-corrected chi connectivity index (χ1v) is 10.8. The van der Waals surface area contributed by atoms with E-state index in [2.05, 4.69) is 118 Å². The number of fused-ring (bicyclic) bond motifs is 2. The maximum atomic E-state index is 3.35. The first-order chi connectivity index (χ1) is 15.9. The largest absolute Gasteiger partial charge is 0.500 e. The molecule has 4 aromatic carbocycles. The van der Waals surface area contributed by atoms with Gasteiger partial charge in [-0.05, 0) is 24.3 Å². The minimum Gasteiger partial charge on any atom is -0.500 e. The van der Waals surface area contributed by atoms with E-state index in [4.69, 9.17) is 0 Å². The summed E-state index contributed by atoms with van der Waals surface area (Å²) in [6, 6.07) is 40.0. The molecule has 0 bridgehead atoms. The van der Waals surface area contributed by atoms with E-state index in [-0.39, 0.29) is 20.4 Å². The quantitative estimate of drug-likeness (QED) is 0.231. The van der Waals surface area contributed by atoms with E-state index >= 15 is 0 Å². The van der Waals surface area contributed by atoms with Crippen molar-refractivity contribution in [3.8, 4) is 0 Å². The summed E-state index contributed by atoms with van der Waals surface area (Å²) in [4.78, 5) is 9.07. The van der Waals surface area contributed by atoms with Crippen molar-refractivity contribution in [2.24, 2.45) is 0 Å². The maximum absolute atomic E-state index is 3.35. The van der Waals surface area contributed by atoms with Crippen molar-refractivity contribution >= 4 is 34.1 Å². The van der Waals surface area contributed by atoms with Crippen LogP contribution in [0.5, 0.6) is 0 Å². The molecule has 4 aromatic rings. The van der Waals surface area contributed by atoms with Gasteiger partial charge >= 0.3 is 0 Å². The van der Waals surface area contributed by atoms with Gasteiger partial charge in [0.25, 0.3) is 0 Å². The van der Waals surface area contributed by atoms with Crippen LogP contribution < -0.4 is 19.6 Å². The van der Waals surface area contributed by atoms with Crippen LogP contribution in [0.4, 0.5) is 34.1 Å². The van der Waals surface area contributed by atoms with Crippen LogP contribution in [0.25, 0.3) is 0 Å². The molecule has 33 heavy (non-hydrogen) atoms. The van der Waals surface area contributed by atoms with Crippen LogP contribution in [0.2, 0.25) is 0 Å². The smallest absolute Gasteiger partial charge is 0.0326 e. The zero-order chi connectivity index (χ0) is 21.3. The molecule has 0 aromatic heterocycles. The van der Waals surface area contributed by atoms with Crippen molar-refractivity contribution in [3.63, 3.8) is 0 Å². The summed E-state index contributed by atoms with van der Waals surface area (Å²) in [7, 11) is 0. The van der Waals surface area contributed by atoms with Crippen molar-refractivity contribution in [2.75, 3.05) is 32.7 Å². The number of hydrogen-bond donors (Lipinski definition) is 0. The second kappa shape index (κ2) is 9.31. The van der Waals surface area contributed by atoms with Crippen molar-refractivity contribution < 1.29 is 20.4 Å². The summed E-state index contributed by atoms with van der Waals surface area (Å²) in [6.07, 6.45) is 0. The standard InChI is InChI=1S/C28H22N4.Pd/c1-3-11-23(12-4-1)31-21-29(25-15-7-9-17-27(25)31)19-20-30-22-32(24-13-5-2-6-14-24)28-18-10-8-16-26(28)30;/h1-11,13,15-18,21-22H,19-20H2;/q-4;. The third-order valence-electron chi connectivity index (χ3n) is 5.90. The molecule has 2 heterocycles. The van der Waals surface area contributed by atoms with E-state index in [9.17, 15) is 0 Å². The van der Waals surface area contributed by atoms with Crippen molar-refractivity contribution in [2.45, 2.75) is 0 Å². The van der Waals surface area contributed by atoms with Gasteiger partial charge in [0.1, 0.15) is 0 Å². The zero-order valence-corrected chi connectivity index (χ0v) is 19.5. The molecule has 5 heteroatoms. The SMILES string of the molecule is [Pd].[c-]1ccccc1N1[CH-]N(CCN2[CH-]N(c3[c-]cccc3)c3ccccc32)c2ccccc21. The van der Waals surface area contributed by atoms with Crippen molar-refractivity contribution in [1.82, 2.24) is 0 Å². The Labute approximate surface area is 209 Å². The first kappa shape index (κ1) is 21.6. The van der Waals surface area contributed by atoms with Gasteiger partial charge in [0.2, 0.25) is 0 Å². The number of nitrogens with zero attached hydrogens (tertiary/aromatic N) is 4. The average Bonchev–Trinajstić information content (AvgIpc) is 3.43. The van der Waals surface area contributed by atoms with Crippen molar-refractivity contribution in [3.05, 3.63) is 123 Å². The van der Waals surface area contributed by atoms with E-state index in [1.165, 1.54) is 22.7 Å². The Morgan fingerprint density at radius 2 is 0.909 bits per heavy atom. The molecule has 0 radical (unpaired) electrons. The molecule has 0 saturated carbocycles. The predicted molar refractivity (Wildman–Crippen MR) is 131 cm³/mol. The molecule has 0 amide bonds. The Morgan fingerprint density at radius 3 is 1.30 bits per heavy atom. The van der Waals surface area contributed by atoms with Gasteiger partial charge in [-0.25, -0.2) is 0 Å². The molecule has 2 aliphatic rings. The van der Waals surface area contributed by atoms with Crippen LogP contribution in [0.1, 0.15) is 0 Å². The Kier molecular flexibility index (Phi) is 6.09. The Balaban J connectivity index is 0.00000228. The molecule has 0 atom stereocenters. The Bertz CT molecular complexity index is 1120.